The van der Waals surface area contributed by atoms with Gasteiger partial charge in [0.15, 0.2) is 0 Å². The van der Waals surface area contributed by atoms with E-state index in [-0.39, 0.29) is 17.9 Å². The first-order valence-electron chi connectivity index (χ1n) is 8.24. The van der Waals surface area contributed by atoms with Crippen molar-refractivity contribution in [3.8, 4) is 0 Å². The topological polar surface area (TPSA) is 102 Å². The molecule has 2 aromatic heterocycles. The van der Waals surface area contributed by atoms with Gasteiger partial charge >= 0.3 is 6.03 Å². The van der Waals surface area contributed by atoms with Crippen LogP contribution in [0.3, 0.4) is 0 Å². The average Bonchev–Trinajstić information content (AvgIpc) is 2.95. The van der Waals surface area contributed by atoms with Gasteiger partial charge in [-0.3, -0.25) is 10.00 Å². The summed E-state index contributed by atoms with van der Waals surface area (Å²) < 4.78 is 1.70. The number of nitrogens with two attached hydrogens (primary N) is 1. The normalized spacial score (nSPS) is 17.8. The van der Waals surface area contributed by atoms with Crippen LogP contribution in [0.15, 0.2) is 18.3 Å². The SMILES string of the molecule is CCc1cc(NC(=O)N2CCCC(c3ccnc(N)n3)C2)n(C)n1. The Bertz CT molecular complexity index is 727. The van der Waals surface area contributed by atoms with E-state index in [1.54, 1.807) is 10.9 Å². The van der Waals surface area contributed by atoms with Crippen LogP contribution in [-0.2, 0) is 13.5 Å². The predicted molar refractivity (Wildman–Crippen MR) is 91.6 cm³/mol. The smallest absolute Gasteiger partial charge is 0.323 e. The summed E-state index contributed by atoms with van der Waals surface area (Å²) in [6.45, 7) is 3.40. The van der Waals surface area contributed by atoms with Gasteiger partial charge < -0.3 is 10.6 Å². The third kappa shape index (κ3) is 3.47. The van der Waals surface area contributed by atoms with Gasteiger partial charge in [0.1, 0.15) is 5.82 Å². The van der Waals surface area contributed by atoms with Gasteiger partial charge in [0, 0.05) is 38.3 Å². The number of aryl methyl sites for hydroxylation is 2. The van der Waals surface area contributed by atoms with Crippen LogP contribution in [0.25, 0.3) is 0 Å². The monoisotopic (exact) mass is 329 g/mol. The van der Waals surface area contributed by atoms with E-state index in [9.17, 15) is 4.79 Å². The molecule has 1 unspecified atom stereocenters. The molecule has 3 N–H and O–H groups in total. The van der Waals surface area contributed by atoms with Gasteiger partial charge in [0.2, 0.25) is 5.95 Å². The van der Waals surface area contributed by atoms with Gasteiger partial charge in [-0.05, 0) is 25.3 Å². The van der Waals surface area contributed by atoms with E-state index in [1.807, 2.05) is 31.0 Å². The summed E-state index contributed by atoms with van der Waals surface area (Å²) >= 11 is 0. The van der Waals surface area contributed by atoms with Crippen molar-refractivity contribution < 1.29 is 4.79 Å². The van der Waals surface area contributed by atoms with E-state index in [2.05, 4.69) is 20.4 Å². The first-order chi connectivity index (χ1) is 11.6. The molecule has 1 saturated heterocycles. The third-order valence-corrected chi connectivity index (χ3v) is 4.35. The minimum Gasteiger partial charge on any atom is -0.368 e. The summed E-state index contributed by atoms with van der Waals surface area (Å²) in [5.74, 6) is 1.17. The number of aromatic nitrogens is 4. The maximum Gasteiger partial charge on any atom is 0.323 e. The summed E-state index contributed by atoms with van der Waals surface area (Å²) in [5, 5.41) is 7.30. The summed E-state index contributed by atoms with van der Waals surface area (Å²) in [6.07, 6.45) is 4.43. The maximum absolute atomic E-state index is 12.6. The number of carbonyl (C=O) groups is 1. The van der Waals surface area contributed by atoms with Crippen molar-refractivity contribution in [2.75, 3.05) is 24.1 Å². The molecule has 2 aromatic rings. The molecule has 128 valence electrons. The van der Waals surface area contributed by atoms with Crippen LogP contribution in [0, 0.1) is 0 Å². The molecule has 24 heavy (non-hydrogen) atoms. The summed E-state index contributed by atoms with van der Waals surface area (Å²) in [5.41, 5.74) is 7.53. The predicted octanol–water partition coefficient (Wildman–Crippen LogP) is 1.77. The van der Waals surface area contributed by atoms with Crippen molar-refractivity contribution in [2.45, 2.75) is 32.1 Å². The lowest BCUT2D eigenvalue weighted by Crippen LogP contribution is -2.42. The van der Waals surface area contributed by atoms with Crippen molar-refractivity contribution in [1.82, 2.24) is 24.6 Å². The van der Waals surface area contributed by atoms with Gasteiger partial charge in [-0.15, -0.1) is 0 Å². The Morgan fingerprint density at radius 3 is 3.04 bits per heavy atom. The molecule has 8 heteroatoms. The molecular formula is C16H23N7O. The van der Waals surface area contributed by atoms with Crippen molar-refractivity contribution in [1.29, 1.82) is 0 Å². The number of likely N-dealkylation sites (tertiary alicyclic amines) is 1. The molecule has 1 aliphatic heterocycles. The Labute approximate surface area is 141 Å². The number of nitrogen functional groups attached to an aromatic ring is 1. The van der Waals surface area contributed by atoms with E-state index in [0.717, 1.165) is 37.2 Å². The molecule has 0 radical (unpaired) electrons. The largest absolute Gasteiger partial charge is 0.368 e. The molecule has 8 nitrogen and oxygen atoms in total. The average molecular weight is 329 g/mol. The summed E-state index contributed by atoms with van der Waals surface area (Å²) in [7, 11) is 1.83. The van der Waals surface area contributed by atoms with Gasteiger partial charge in [-0.1, -0.05) is 6.92 Å². The first-order valence-corrected chi connectivity index (χ1v) is 8.24. The summed E-state index contributed by atoms with van der Waals surface area (Å²) in [6, 6.07) is 3.68. The quantitative estimate of drug-likeness (QED) is 0.893. The minimum atomic E-state index is -0.104. The number of carbonyl (C=O) groups excluding carboxylic acids is 1. The van der Waals surface area contributed by atoms with Crippen molar-refractivity contribution >= 4 is 17.8 Å². The molecule has 0 saturated carbocycles. The highest BCUT2D eigenvalue weighted by Gasteiger charge is 2.26. The van der Waals surface area contributed by atoms with Crippen LogP contribution in [0.4, 0.5) is 16.6 Å². The molecule has 2 amide bonds. The number of hydrogen-bond donors (Lipinski definition) is 2. The van der Waals surface area contributed by atoms with E-state index in [4.69, 9.17) is 5.73 Å². The number of amides is 2. The molecule has 0 spiro atoms. The first kappa shape index (κ1) is 16.2. The zero-order valence-electron chi connectivity index (χ0n) is 14.1. The van der Waals surface area contributed by atoms with Gasteiger partial charge in [0.05, 0.1) is 11.4 Å². The Morgan fingerprint density at radius 1 is 1.50 bits per heavy atom. The maximum atomic E-state index is 12.6. The Kier molecular flexibility index (Phi) is 4.64. The van der Waals surface area contributed by atoms with E-state index in [0.29, 0.717) is 12.4 Å². The third-order valence-electron chi connectivity index (χ3n) is 4.35. The van der Waals surface area contributed by atoms with Crippen molar-refractivity contribution in [2.24, 2.45) is 7.05 Å². The number of anilines is 2. The molecule has 1 fully saturated rings. The lowest BCUT2D eigenvalue weighted by Gasteiger charge is -2.32. The van der Waals surface area contributed by atoms with Crippen molar-refractivity contribution in [3.05, 3.63) is 29.7 Å². The van der Waals surface area contributed by atoms with Crippen LogP contribution in [-0.4, -0.2) is 43.8 Å². The van der Waals surface area contributed by atoms with Crippen LogP contribution < -0.4 is 11.1 Å². The number of urea groups is 1. The van der Waals surface area contributed by atoms with Crippen LogP contribution in [0.2, 0.25) is 0 Å². The molecule has 3 rings (SSSR count). The van der Waals surface area contributed by atoms with Crippen LogP contribution in [0.1, 0.15) is 37.1 Å². The van der Waals surface area contributed by atoms with E-state index in [1.165, 1.54) is 0 Å². The second-order valence-electron chi connectivity index (χ2n) is 6.05. The molecule has 3 heterocycles. The number of nitrogens with zero attached hydrogens (tertiary/aromatic N) is 5. The lowest BCUT2D eigenvalue weighted by atomic mass is 9.95. The fraction of sp³-hybridized carbons (Fsp3) is 0.500. The molecular weight excluding hydrogens is 306 g/mol. The lowest BCUT2D eigenvalue weighted by molar-refractivity contribution is 0.192. The van der Waals surface area contributed by atoms with Crippen LogP contribution in [0.5, 0.6) is 0 Å². The number of rotatable bonds is 3. The minimum absolute atomic E-state index is 0.104. The Hall–Kier alpha value is -2.64. The van der Waals surface area contributed by atoms with E-state index < -0.39 is 0 Å². The fourth-order valence-electron chi connectivity index (χ4n) is 3.02. The number of piperidine rings is 1. The second kappa shape index (κ2) is 6.86. The molecule has 0 aromatic carbocycles. The van der Waals surface area contributed by atoms with Gasteiger partial charge in [-0.25, -0.2) is 14.8 Å². The number of hydrogen-bond acceptors (Lipinski definition) is 5. The zero-order chi connectivity index (χ0) is 17.1. The van der Waals surface area contributed by atoms with E-state index >= 15 is 0 Å². The highest BCUT2D eigenvalue weighted by Crippen LogP contribution is 2.26. The second-order valence-corrected chi connectivity index (χ2v) is 6.05. The zero-order valence-corrected chi connectivity index (χ0v) is 14.1. The summed E-state index contributed by atoms with van der Waals surface area (Å²) in [4.78, 5) is 22.6. The highest BCUT2D eigenvalue weighted by molar-refractivity contribution is 5.88. The van der Waals surface area contributed by atoms with Crippen molar-refractivity contribution in [3.63, 3.8) is 0 Å². The van der Waals surface area contributed by atoms with Gasteiger partial charge in [0.25, 0.3) is 0 Å². The Balaban J connectivity index is 1.67. The molecule has 1 atom stereocenters. The molecule has 0 aliphatic carbocycles. The van der Waals surface area contributed by atoms with Crippen LogP contribution >= 0.6 is 0 Å². The number of nitrogens with one attached hydrogen (secondary N) is 1. The standard InChI is InChI=1S/C16H23N7O/c1-3-12-9-14(22(2)21-12)20-16(24)23-8-4-5-11(10-23)13-6-7-18-15(17)19-13/h6-7,9,11H,3-5,8,10H2,1-2H3,(H,20,24)(H2,17,18,19). The molecule has 1 aliphatic rings. The highest BCUT2D eigenvalue weighted by atomic mass is 16.2. The Morgan fingerprint density at radius 2 is 2.33 bits per heavy atom. The van der Waals surface area contributed by atoms with Gasteiger partial charge in [-0.2, -0.15) is 5.10 Å². The fourth-order valence-corrected chi connectivity index (χ4v) is 3.02. The molecule has 0 bridgehead atoms.